The highest BCUT2D eigenvalue weighted by atomic mass is 79.9. The molecule has 120 valence electrons. The van der Waals surface area contributed by atoms with Crippen LogP contribution in [0.15, 0.2) is 53.0 Å². The van der Waals surface area contributed by atoms with Crippen LogP contribution in [0, 0.1) is 0 Å². The first-order chi connectivity index (χ1) is 11.0. The molecule has 0 radical (unpaired) electrons. The maximum absolute atomic E-state index is 12.7. The molecule has 5 heteroatoms. The number of rotatable bonds is 6. The average Bonchev–Trinajstić information content (AvgIpc) is 2.53. The van der Waals surface area contributed by atoms with E-state index in [1.165, 1.54) is 0 Å². The first-order valence-electron chi connectivity index (χ1n) is 7.30. The first kappa shape index (κ1) is 17.2. The van der Waals surface area contributed by atoms with Crippen molar-refractivity contribution >= 4 is 33.4 Å². The zero-order valence-corrected chi connectivity index (χ0v) is 14.6. The molecular formula is C18H18BrNO3. The fourth-order valence-electron chi connectivity index (χ4n) is 2.08. The summed E-state index contributed by atoms with van der Waals surface area (Å²) in [5, 5.41) is 2.98. The molecule has 0 fully saturated rings. The van der Waals surface area contributed by atoms with Crippen LogP contribution in [0.25, 0.3) is 0 Å². The second-order valence-electron chi connectivity index (χ2n) is 5.28. The highest BCUT2D eigenvalue weighted by Gasteiger charge is 2.15. The largest absolute Gasteiger partial charge is 0.462 e. The summed E-state index contributed by atoms with van der Waals surface area (Å²) in [4.78, 5) is 24.3. The summed E-state index contributed by atoms with van der Waals surface area (Å²) in [5.74, 6) is -0.465. The first-order valence-corrected chi connectivity index (χ1v) is 8.09. The van der Waals surface area contributed by atoms with Gasteiger partial charge in [0.1, 0.15) is 6.54 Å². The molecule has 0 heterocycles. The van der Waals surface area contributed by atoms with Crippen molar-refractivity contribution < 1.29 is 14.3 Å². The predicted octanol–water partition coefficient (Wildman–Crippen LogP) is 4.04. The standard InChI is InChI=1S/C18H18BrNO3/c1-12(2)23-17(21)11-20-16-9-8-14(19)10-15(16)18(22)13-6-4-3-5-7-13/h3-10,12,20H,11H2,1-2H3. The Bertz CT molecular complexity index is 699. The molecule has 0 aromatic heterocycles. The number of esters is 1. The predicted molar refractivity (Wildman–Crippen MR) is 93.7 cm³/mol. The number of carbonyl (C=O) groups is 2. The number of halogens is 1. The highest BCUT2D eigenvalue weighted by molar-refractivity contribution is 9.10. The third-order valence-electron chi connectivity index (χ3n) is 3.05. The molecule has 0 aliphatic carbocycles. The molecule has 0 unspecified atom stereocenters. The molecule has 4 nitrogen and oxygen atoms in total. The molecule has 0 bridgehead atoms. The molecule has 0 amide bonds. The fourth-order valence-corrected chi connectivity index (χ4v) is 2.44. The number of carbonyl (C=O) groups excluding carboxylic acids is 2. The van der Waals surface area contributed by atoms with E-state index in [1.807, 2.05) is 24.3 Å². The normalized spacial score (nSPS) is 10.4. The highest BCUT2D eigenvalue weighted by Crippen LogP contribution is 2.24. The Kier molecular flexibility index (Phi) is 5.93. The smallest absolute Gasteiger partial charge is 0.325 e. The van der Waals surface area contributed by atoms with Crippen molar-refractivity contribution in [2.75, 3.05) is 11.9 Å². The van der Waals surface area contributed by atoms with E-state index in [4.69, 9.17) is 4.74 Å². The Hall–Kier alpha value is -2.14. The van der Waals surface area contributed by atoms with Crippen LogP contribution in [0.1, 0.15) is 29.8 Å². The molecule has 2 rings (SSSR count). The molecule has 1 N–H and O–H groups in total. The van der Waals surface area contributed by atoms with Crippen LogP contribution in [0.5, 0.6) is 0 Å². The van der Waals surface area contributed by atoms with E-state index in [1.54, 1.807) is 38.1 Å². The molecule has 0 aliphatic rings. The zero-order chi connectivity index (χ0) is 16.8. The van der Waals surface area contributed by atoms with E-state index in [2.05, 4.69) is 21.2 Å². The summed E-state index contributed by atoms with van der Waals surface area (Å²) >= 11 is 3.38. The van der Waals surface area contributed by atoms with Gasteiger partial charge in [-0.05, 0) is 32.0 Å². The second kappa shape index (κ2) is 7.92. The lowest BCUT2D eigenvalue weighted by atomic mass is 10.0. The molecule has 23 heavy (non-hydrogen) atoms. The lowest BCUT2D eigenvalue weighted by molar-refractivity contribution is -0.145. The zero-order valence-electron chi connectivity index (χ0n) is 13.0. The van der Waals surface area contributed by atoms with E-state index in [0.717, 1.165) is 4.47 Å². The van der Waals surface area contributed by atoms with E-state index in [9.17, 15) is 9.59 Å². The lowest BCUT2D eigenvalue weighted by Gasteiger charge is -2.13. The lowest BCUT2D eigenvalue weighted by Crippen LogP contribution is -2.21. The van der Waals surface area contributed by atoms with Crippen molar-refractivity contribution in [3.05, 3.63) is 64.1 Å². The third-order valence-corrected chi connectivity index (χ3v) is 3.55. The van der Waals surface area contributed by atoms with E-state index >= 15 is 0 Å². The topological polar surface area (TPSA) is 55.4 Å². The number of anilines is 1. The monoisotopic (exact) mass is 375 g/mol. The second-order valence-corrected chi connectivity index (χ2v) is 6.19. The number of nitrogens with one attached hydrogen (secondary N) is 1. The summed E-state index contributed by atoms with van der Waals surface area (Å²) < 4.78 is 5.88. The van der Waals surface area contributed by atoms with E-state index in [0.29, 0.717) is 16.8 Å². The maximum Gasteiger partial charge on any atom is 0.325 e. The van der Waals surface area contributed by atoms with Crippen molar-refractivity contribution in [2.45, 2.75) is 20.0 Å². The van der Waals surface area contributed by atoms with Crippen LogP contribution >= 0.6 is 15.9 Å². The van der Waals surface area contributed by atoms with Gasteiger partial charge in [-0.1, -0.05) is 46.3 Å². The minimum Gasteiger partial charge on any atom is -0.462 e. The van der Waals surface area contributed by atoms with Crippen LogP contribution in [0.3, 0.4) is 0 Å². The number of hydrogen-bond donors (Lipinski definition) is 1. The summed E-state index contributed by atoms with van der Waals surface area (Å²) in [7, 11) is 0. The number of ether oxygens (including phenoxy) is 1. The van der Waals surface area contributed by atoms with Gasteiger partial charge in [-0.15, -0.1) is 0 Å². The van der Waals surface area contributed by atoms with Gasteiger partial charge in [-0.25, -0.2) is 0 Å². The minimum absolute atomic E-state index is 0.00881. The summed E-state index contributed by atoms with van der Waals surface area (Å²) in [5.41, 5.74) is 1.70. The third kappa shape index (κ3) is 4.93. The van der Waals surface area contributed by atoms with Crippen molar-refractivity contribution in [1.29, 1.82) is 0 Å². The Morgan fingerprint density at radius 2 is 1.83 bits per heavy atom. The van der Waals surface area contributed by atoms with Crippen molar-refractivity contribution in [3.8, 4) is 0 Å². The maximum atomic E-state index is 12.7. The Labute approximate surface area is 144 Å². The van der Waals surface area contributed by atoms with Crippen LogP contribution in [0.4, 0.5) is 5.69 Å². The number of ketones is 1. The van der Waals surface area contributed by atoms with Gasteiger partial charge in [0.2, 0.25) is 0 Å². The number of hydrogen-bond acceptors (Lipinski definition) is 4. The Morgan fingerprint density at radius 1 is 1.13 bits per heavy atom. The SMILES string of the molecule is CC(C)OC(=O)CNc1ccc(Br)cc1C(=O)c1ccccc1. The summed E-state index contributed by atoms with van der Waals surface area (Å²) in [6, 6.07) is 14.3. The van der Waals surface area contributed by atoms with Gasteiger partial charge in [0, 0.05) is 21.3 Å². The fraction of sp³-hybridized carbons (Fsp3) is 0.222. The van der Waals surface area contributed by atoms with Crippen LogP contribution in [-0.2, 0) is 9.53 Å². The Morgan fingerprint density at radius 3 is 2.48 bits per heavy atom. The van der Waals surface area contributed by atoms with Gasteiger partial charge in [0.15, 0.2) is 5.78 Å². The van der Waals surface area contributed by atoms with Gasteiger partial charge in [-0.2, -0.15) is 0 Å². The van der Waals surface area contributed by atoms with E-state index in [-0.39, 0.29) is 24.4 Å². The van der Waals surface area contributed by atoms with E-state index < -0.39 is 0 Å². The number of benzene rings is 2. The minimum atomic E-state index is -0.360. The quantitative estimate of drug-likeness (QED) is 0.611. The van der Waals surface area contributed by atoms with Crippen LogP contribution < -0.4 is 5.32 Å². The average molecular weight is 376 g/mol. The molecule has 0 saturated carbocycles. The van der Waals surface area contributed by atoms with Gasteiger partial charge >= 0.3 is 5.97 Å². The van der Waals surface area contributed by atoms with Crippen molar-refractivity contribution in [2.24, 2.45) is 0 Å². The summed E-state index contributed by atoms with van der Waals surface area (Å²) in [6.07, 6.45) is -0.167. The molecular weight excluding hydrogens is 358 g/mol. The molecule has 2 aromatic rings. The molecule has 0 atom stereocenters. The molecule has 0 aliphatic heterocycles. The van der Waals surface area contributed by atoms with Gasteiger partial charge < -0.3 is 10.1 Å². The molecule has 0 spiro atoms. The van der Waals surface area contributed by atoms with Gasteiger partial charge in [-0.3, -0.25) is 9.59 Å². The van der Waals surface area contributed by atoms with Crippen LogP contribution in [0.2, 0.25) is 0 Å². The summed E-state index contributed by atoms with van der Waals surface area (Å²) in [6.45, 7) is 3.60. The molecule has 2 aromatic carbocycles. The van der Waals surface area contributed by atoms with Crippen LogP contribution in [-0.4, -0.2) is 24.4 Å². The Balaban J connectivity index is 2.21. The molecule has 0 saturated heterocycles. The van der Waals surface area contributed by atoms with Gasteiger partial charge in [0.25, 0.3) is 0 Å². The van der Waals surface area contributed by atoms with Crippen molar-refractivity contribution in [3.63, 3.8) is 0 Å². The van der Waals surface area contributed by atoms with Gasteiger partial charge in [0.05, 0.1) is 6.10 Å². The van der Waals surface area contributed by atoms with Crippen molar-refractivity contribution in [1.82, 2.24) is 0 Å².